The highest BCUT2D eigenvalue weighted by molar-refractivity contribution is 5.99. The molecule has 1 amide bonds. The van der Waals surface area contributed by atoms with E-state index in [1.165, 1.54) is 4.90 Å². The van der Waals surface area contributed by atoms with Gasteiger partial charge in [0.05, 0.1) is 11.8 Å². The molecular formula is C19H21N3O6. The lowest BCUT2D eigenvalue weighted by atomic mass is 9.84. The summed E-state index contributed by atoms with van der Waals surface area (Å²) >= 11 is 0. The molecule has 3 N–H and O–H groups in total. The average Bonchev–Trinajstić information content (AvgIpc) is 3.09. The average molecular weight is 387 g/mol. The minimum Gasteiger partial charge on any atom is -0.478 e. The largest absolute Gasteiger partial charge is 0.478 e. The van der Waals surface area contributed by atoms with E-state index in [0.717, 1.165) is 32.5 Å². The van der Waals surface area contributed by atoms with Crippen LogP contribution in [0.2, 0.25) is 0 Å². The van der Waals surface area contributed by atoms with Gasteiger partial charge in [-0.25, -0.2) is 9.59 Å². The number of hydrogen-bond acceptors (Lipinski definition) is 6. The predicted octanol–water partition coefficient (Wildman–Crippen LogP) is 0.720. The monoisotopic (exact) mass is 387 g/mol. The van der Waals surface area contributed by atoms with Crippen molar-refractivity contribution in [3.63, 3.8) is 0 Å². The summed E-state index contributed by atoms with van der Waals surface area (Å²) in [6, 6.07) is 4.87. The molecule has 4 aliphatic rings. The zero-order valence-corrected chi connectivity index (χ0v) is 15.1. The fraction of sp³-hybridized carbons (Fsp3) is 0.421. The van der Waals surface area contributed by atoms with Gasteiger partial charge >= 0.3 is 11.9 Å². The van der Waals surface area contributed by atoms with Crippen LogP contribution in [-0.4, -0.2) is 65.4 Å². The Morgan fingerprint density at radius 3 is 2.54 bits per heavy atom. The molecule has 5 rings (SSSR count). The molecule has 4 heterocycles. The lowest BCUT2D eigenvalue weighted by Crippen LogP contribution is -2.57. The van der Waals surface area contributed by atoms with Crippen LogP contribution < -0.4 is 15.0 Å². The highest BCUT2D eigenvalue weighted by atomic mass is 16.5. The molecule has 0 aromatic heterocycles. The molecule has 3 saturated heterocycles. The number of aliphatic carboxylic acids is 2. The van der Waals surface area contributed by atoms with Gasteiger partial charge in [-0.3, -0.25) is 9.69 Å². The molecule has 0 saturated carbocycles. The molecule has 4 aliphatic heterocycles. The Kier molecular flexibility index (Phi) is 4.68. The topological polar surface area (TPSA) is 119 Å². The third-order valence-corrected chi connectivity index (χ3v) is 5.60. The maximum Gasteiger partial charge on any atom is 0.352 e. The Labute approximate surface area is 161 Å². The zero-order chi connectivity index (χ0) is 19.8. The number of anilines is 1. The molecule has 2 bridgehead atoms. The van der Waals surface area contributed by atoms with Crippen molar-refractivity contribution >= 4 is 23.5 Å². The van der Waals surface area contributed by atoms with Crippen LogP contribution in [0.1, 0.15) is 23.2 Å². The summed E-state index contributed by atoms with van der Waals surface area (Å²) < 4.78 is 5.49. The molecule has 28 heavy (non-hydrogen) atoms. The number of carbonyl (C=O) groups excluding carboxylic acids is 1. The van der Waals surface area contributed by atoms with Crippen molar-refractivity contribution in [3.8, 4) is 5.75 Å². The molecule has 9 nitrogen and oxygen atoms in total. The molecule has 0 radical (unpaired) electrons. The summed E-state index contributed by atoms with van der Waals surface area (Å²) in [5.74, 6) is -2.07. The number of carboxylic acid groups (broad SMARTS) is 2. The number of rotatable bonds is 5. The normalized spacial score (nSPS) is 25.8. The molecule has 1 aromatic carbocycles. The van der Waals surface area contributed by atoms with E-state index >= 15 is 0 Å². The first-order valence-corrected chi connectivity index (χ1v) is 9.18. The van der Waals surface area contributed by atoms with Crippen molar-refractivity contribution in [3.05, 3.63) is 35.5 Å². The molecule has 148 valence electrons. The number of carbonyl (C=O) groups is 3. The standard InChI is InChI=1S/C19H21N3O6/c23-17(24)8-15(19(26)27)22-10-28-16-7-12(1-2-14(16)22)18(25)20-13-9-21-5-3-11(13)4-6-21/h1-2,7-8,11,13H,3-6,9-10H2,(H,20,25)(H,23,24)(H,26,27)/b15-8+. The number of fused-ring (bicyclic) bond motifs is 4. The van der Waals surface area contributed by atoms with Crippen LogP contribution in [0.4, 0.5) is 5.69 Å². The molecule has 1 atom stereocenters. The molecule has 9 heteroatoms. The molecule has 0 aliphatic carbocycles. The van der Waals surface area contributed by atoms with Gasteiger partial charge in [0.2, 0.25) is 0 Å². The Hall–Kier alpha value is -3.07. The van der Waals surface area contributed by atoms with Crippen molar-refractivity contribution in [2.45, 2.75) is 18.9 Å². The van der Waals surface area contributed by atoms with Gasteiger partial charge in [0, 0.05) is 18.2 Å². The van der Waals surface area contributed by atoms with E-state index in [1.54, 1.807) is 18.2 Å². The molecule has 1 unspecified atom stereocenters. The lowest BCUT2D eigenvalue weighted by molar-refractivity contribution is -0.135. The third kappa shape index (κ3) is 3.40. The fourth-order valence-electron chi connectivity index (χ4n) is 4.15. The quantitative estimate of drug-likeness (QED) is 0.633. The van der Waals surface area contributed by atoms with Crippen molar-refractivity contribution in [2.75, 3.05) is 31.3 Å². The Bertz CT molecular complexity index is 859. The molecule has 0 spiro atoms. The van der Waals surface area contributed by atoms with Gasteiger partial charge in [0.1, 0.15) is 11.4 Å². The van der Waals surface area contributed by atoms with Crippen LogP contribution in [0, 0.1) is 5.92 Å². The van der Waals surface area contributed by atoms with E-state index in [0.29, 0.717) is 29.0 Å². The predicted molar refractivity (Wildman–Crippen MR) is 98.2 cm³/mol. The van der Waals surface area contributed by atoms with Crippen LogP contribution in [0.15, 0.2) is 30.0 Å². The van der Waals surface area contributed by atoms with Crippen molar-refractivity contribution in [2.24, 2.45) is 5.92 Å². The van der Waals surface area contributed by atoms with Crippen LogP contribution in [-0.2, 0) is 9.59 Å². The van der Waals surface area contributed by atoms with E-state index in [9.17, 15) is 19.5 Å². The Morgan fingerprint density at radius 2 is 1.93 bits per heavy atom. The smallest absolute Gasteiger partial charge is 0.352 e. The maximum atomic E-state index is 12.7. The van der Waals surface area contributed by atoms with Gasteiger partial charge in [-0.05, 0) is 50.0 Å². The second-order valence-electron chi connectivity index (χ2n) is 7.27. The Morgan fingerprint density at radius 1 is 1.18 bits per heavy atom. The minimum absolute atomic E-state index is 0.133. The van der Waals surface area contributed by atoms with Gasteiger partial charge < -0.3 is 25.2 Å². The van der Waals surface area contributed by atoms with E-state index in [-0.39, 0.29) is 18.7 Å². The van der Waals surface area contributed by atoms with E-state index in [4.69, 9.17) is 9.84 Å². The zero-order valence-electron chi connectivity index (χ0n) is 15.1. The first-order chi connectivity index (χ1) is 13.4. The molecular weight excluding hydrogens is 366 g/mol. The van der Waals surface area contributed by atoms with Gasteiger partial charge in [0.15, 0.2) is 6.73 Å². The van der Waals surface area contributed by atoms with Gasteiger partial charge in [0.25, 0.3) is 5.91 Å². The minimum atomic E-state index is -1.37. The van der Waals surface area contributed by atoms with E-state index in [2.05, 4.69) is 10.2 Å². The van der Waals surface area contributed by atoms with E-state index in [1.807, 2.05) is 0 Å². The second kappa shape index (κ2) is 7.16. The number of nitrogens with one attached hydrogen (secondary N) is 1. The molecule has 1 aromatic rings. The van der Waals surface area contributed by atoms with Gasteiger partial charge in [-0.2, -0.15) is 0 Å². The number of benzene rings is 1. The highest BCUT2D eigenvalue weighted by Gasteiger charge is 2.35. The van der Waals surface area contributed by atoms with Gasteiger partial charge in [-0.15, -0.1) is 0 Å². The number of amides is 1. The summed E-state index contributed by atoms with van der Waals surface area (Å²) in [6.45, 7) is 2.92. The number of carboxylic acids is 2. The van der Waals surface area contributed by atoms with Crippen LogP contribution >= 0.6 is 0 Å². The van der Waals surface area contributed by atoms with Crippen LogP contribution in [0.25, 0.3) is 0 Å². The van der Waals surface area contributed by atoms with E-state index < -0.39 is 17.6 Å². The third-order valence-electron chi connectivity index (χ3n) is 5.60. The van der Waals surface area contributed by atoms with Crippen molar-refractivity contribution in [1.29, 1.82) is 0 Å². The number of hydrogen-bond donors (Lipinski definition) is 3. The second-order valence-corrected chi connectivity index (χ2v) is 7.27. The van der Waals surface area contributed by atoms with Crippen molar-refractivity contribution in [1.82, 2.24) is 10.2 Å². The highest BCUT2D eigenvalue weighted by Crippen LogP contribution is 2.37. The first kappa shape index (κ1) is 18.3. The first-order valence-electron chi connectivity index (χ1n) is 9.18. The Balaban J connectivity index is 1.51. The van der Waals surface area contributed by atoms with Crippen LogP contribution in [0.5, 0.6) is 5.75 Å². The summed E-state index contributed by atoms with van der Waals surface area (Å²) in [5, 5.41) is 21.3. The van der Waals surface area contributed by atoms with Gasteiger partial charge in [-0.1, -0.05) is 0 Å². The number of ether oxygens (including phenoxy) is 1. The molecule has 3 fully saturated rings. The summed E-state index contributed by atoms with van der Waals surface area (Å²) in [7, 11) is 0. The summed E-state index contributed by atoms with van der Waals surface area (Å²) in [4.78, 5) is 38.6. The SMILES string of the molecule is O=C(O)/C=C(\C(=O)O)N1COc2cc(C(=O)NC3CN4CCC3CC4)ccc21. The lowest BCUT2D eigenvalue weighted by Gasteiger charge is -2.44. The number of nitrogens with zero attached hydrogens (tertiary/aromatic N) is 2. The van der Waals surface area contributed by atoms with Crippen LogP contribution in [0.3, 0.4) is 0 Å². The summed E-state index contributed by atoms with van der Waals surface area (Å²) in [6.07, 6.45) is 2.82. The maximum absolute atomic E-state index is 12.7. The summed E-state index contributed by atoms with van der Waals surface area (Å²) in [5.41, 5.74) is 0.432. The fourth-order valence-corrected chi connectivity index (χ4v) is 4.15. The number of piperidine rings is 3. The van der Waals surface area contributed by atoms with Crippen molar-refractivity contribution < 1.29 is 29.3 Å².